The molecule has 0 aliphatic heterocycles. The average molecular weight is 298 g/mol. The van der Waals surface area contributed by atoms with Gasteiger partial charge < -0.3 is 26.4 Å². The topological polar surface area (TPSA) is 102 Å². The molecule has 7 nitrogen and oxygen atoms in total. The molecule has 0 aliphatic rings. The molecule has 0 spiro atoms. The first kappa shape index (κ1) is 19.1. The van der Waals surface area contributed by atoms with Crippen LogP contribution in [0, 0.1) is 0 Å². The van der Waals surface area contributed by atoms with E-state index in [9.17, 15) is 9.59 Å². The maximum Gasteiger partial charge on any atom is 0.328 e. The highest BCUT2D eigenvalue weighted by Gasteiger charge is 1.95. The Hall–Kier alpha value is -1.86. The largest absolute Gasteiger partial charge is 0.478 e. The van der Waals surface area contributed by atoms with Crippen LogP contribution in [-0.2, 0) is 9.59 Å². The van der Waals surface area contributed by atoms with Gasteiger partial charge in [-0.2, -0.15) is 0 Å². The Bertz CT molecular complexity index is 343. The van der Waals surface area contributed by atoms with Gasteiger partial charge in [-0.1, -0.05) is 13.0 Å². The lowest BCUT2D eigenvalue weighted by atomic mass is 10.4. The Kier molecular flexibility index (Phi) is 13.3. The zero-order valence-corrected chi connectivity index (χ0v) is 12.5. The summed E-state index contributed by atoms with van der Waals surface area (Å²) in [5, 5.41) is 20.5. The molecule has 21 heavy (non-hydrogen) atoms. The molecule has 0 aromatic heterocycles. The minimum Gasteiger partial charge on any atom is -0.478 e. The first-order valence-corrected chi connectivity index (χ1v) is 7.15. The van der Waals surface area contributed by atoms with Crippen molar-refractivity contribution in [3.8, 4) is 0 Å². The summed E-state index contributed by atoms with van der Waals surface area (Å²) in [5.41, 5.74) is 0. The van der Waals surface area contributed by atoms with Crippen molar-refractivity contribution in [1.82, 2.24) is 21.3 Å². The molecule has 0 fully saturated rings. The summed E-state index contributed by atoms with van der Waals surface area (Å²) in [6, 6.07) is 0. The van der Waals surface area contributed by atoms with Crippen LogP contribution >= 0.6 is 0 Å². The van der Waals surface area contributed by atoms with E-state index in [1.807, 2.05) is 6.20 Å². The van der Waals surface area contributed by atoms with Crippen LogP contribution < -0.4 is 21.3 Å². The number of hydrogen-bond donors (Lipinski definition) is 5. The Morgan fingerprint density at radius 2 is 1.57 bits per heavy atom. The van der Waals surface area contributed by atoms with Crippen molar-refractivity contribution in [2.75, 3.05) is 39.3 Å². The van der Waals surface area contributed by atoms with Crippen molar-refractivity contribution in [2.24, 2.45) is 0 Å². The number of allylic oxidation sites excluding steroid dienone is 1. The Balaban J connectivity index is 3.24. The quantitative estimate of drug-likeness (QED) is 0.231. The Morgan fingerprint density at radius 1 is 0.952 bits per heavy atom. The fraction of sp³-hybridized carbons (Fsp3) is 0.571. The van der Waals surface area contributed by atoms with Crippen molar-refractivity contribution in [2.45, 2.75) is 13.3 Å². The second-order valence-electron chi connectivity index (χ2n) is 4.23. The minimum absolute atomic E-state index is 0.400. The summed E-state index contributed by atoms with van der Waals surface area (Å²) >= 11 is 0. The molecular formula is C14H26N4O3. The molecule has 0 aromatic rings. The number of aliphatic carboxylic acids is 1. The maximum atomic E-state index is 11.1. The zero-order chi connectivity index (χ0) is 15.8. The molecule has 7 heteroatoms. The zero-order valence-electron chi connectivity index (χ0n) is 12.5. The molecule has 120 valence electrons. The number of hydrogen-bond acceptors (Lipinski definition) is 5. The summed E-state index contributed by atoms with van der Waals surface area (Å²) in [6.07, 6.45) is 6.89. The smallest absolute Gasteiger partial charge is 0.328 e. The molecule has 0 aliphatic carbocycles. The van der Waals surface area contributed by atoms with E-state index >= 15 is 0 Å². The highest BCUT2D eigenvalue weighted by Crippen LogP contribution is 1.75. The van der Waals surface area contributed by atoms with Gasteiger partial charge in [0, 0.05) is 51.4 Å². The van der Waals surface area contributed by atoms with Crippen LogP contribution in [0.3, 0.4) is 0 Å². The van der Waals surface area contributed by atoms with Crippen LogP contribution in [0.15, 0.2) is 24.4 Å². The summed E-state index contributed by atoms with van der Waals surface area (Å²) in [7, 11) is 0. The third kappa shape index (κ3) is 16.1. The fourth-order valence-electron chi connectivity index (χ4n) is 1.35. The highest BCUT2D eigenvalue weighted by molar-refractivity contribution is 5.93. The average Bonchev–Trinajstić information content (AvgIpc) is 2.46. The number of carboxylic acids is 1. The number of rotatable bonds is 13. The number of carboxylic acid groups (broad SMARTS) is 1. The van der Waals surface area contributed by atoms with E-state index in [0.29, 0.717) is 13.1 Å². The number of carbonyl (C=O) groups is 2. The van der Waals surface area contributed by atoms with E-state index in [2.05, 4.69) is 34.3 Å². The summed E-state index contributed by atoms with van der Waals surface area (Å²) < 4.78 is 0. The minimum atomic E-state index is -1.13. The van der Waals surface area contributed by atoms with Gasteiger partial charge in [0.1, 0.15) is 0 Å². The van der Waals surface area contributed by atoms with E-state index < -0.39 is 11.9 Å². The van der Waals surface area contributed by atoms with Crippen LogP contribution in [0.5, 0.6) is 0 Å². The van der Waals surface area contributed by atoms with Gasteiger partial charge in [0.15, 0.2) is 0 Å². The highest BCUT2D eigenvalue weighted by atomic mass is 16.4. The normalized spacial score (nSPS) is 11.1. The van der Waals surface area contributed by atoms with Crippen molar-refractivity contribution in [1.29, 1.82) is 0 Å². The van der Waals surface area contributed by atoms with Gasteiger partial charge in [0.05, 0.1) is 0 Å². The molecule has 1 amide bonds. The van der Waals surface area contributed by atoms with Crippen LogP contribution in [0.4, 0.5) is 0 Å². The standard InChI is InChI=1S/C14H26N4O3/c1-2-3-6-15-7-8-16-9-10-17-11-12-18-13(19)4-5-14(20)21/h3-6,15-17H,2,7-12H2,1H3,(H,18,19)(H,20,21)/b5-4+,6-3+. The molecule has 0 bridgehead atoms. The van der Waals surface area contributed by atoms with Gasteiger partial charge in [0.2, 0.25) is 5.91 Å². The van der Waals surface area contributed by atoms with Crippen LogP contribution in [0.25, 0.3) is 0 Å². The second-order valence-corrected chi connectivity index (χ2v) is 4.23. The third-order valence-corrected chi connectivity index (χ3v) is 2.37. The molecular weight excluding hydrogens is 272 g/mol. The van der Waals surface area contributed by atoms with E-state index in [0.717, 1.165) is 44.8 Å². The molecule has 0 saturated carbocycles. The summed E-state index contributed by atoms with van der Waals surface area (Å²) in [6.45, 7) is 6.65. The van der Waals surface area contributed by atoms with E-state index in [-0.39, 0.29) is 0 Å². The Morgan fingerprint density at radius 3 is 2.19 bits per heavy atom. The summed E-state index contributed by atoms with van der Waals surface area (Å²) in [5.74, 6) is -1.53. The van der Waals surface area contributed by atoms with Crippen molar-refractivity contribution < 1.29 is 14.7 Å². The molecule has 0 unspecified atom stereocenters. The van der Waals surface area contributed by atoms with Crippen molar-refractivity contribution in [3.05, 3.63) is 24.4 Å². The number of carbonyl (C=O) groups excluding carboxylic acids is 1. The predicted molar refractivity (Wildman–Crippen MR) is 83.0 cm³/mol. The van der Waals surface area contributed by atoms with E-state index in [1.54, 1.807) is 0 Å². The number of nitrogens with one attached hydrogen (secondary N) is 4. The molecule has 0 saturated heterocycles. The van der Waals surface area contributed by atoms with Crippen LogP contribution in [0.1, 0.15) is 13.3 Å². The molecule has 0 rings (SSSR count). The van der Waals surface area contributed by atoms with Gasteiger partial charge in [-0.05, 0) is 12.6 Å². The molecule has 0 heterocycles. The van der Waals surface area contributed by atoms with Gasteiger partial charge in [-0.15, -0.1) is 0 Å². The number of amides is 1. The molecule has 0 radical (unpaired) electrons. The fourth-order valence-corrected chi connectivity index (χ4v) is 1.35. The SMILES string of the molecule is CC/C=C/NCCNCCNCCNC(=O)/C=C/C(=O)O. The Labute approximate surface area is 125 Å². The van der Waals surface area contributed by atoms with E-state index in [4.69, 9.17) is 5.11 Å². The third-order valence-electron chi connectivity index (χ3n) is 2.37. The van der Waals surface area contributed by atoms with Crippen molar-refractivity contribution in [3.63, 3.8) is 0 Å². The van der Waals surface area contributed by atoms with E-state index in [1.165, 1.54) is 0 Å². The van der Waals surface area contributed by atoms with Gasteiger partial charge in [0.25, 0.3) is 0 Å². The second kappa shape index (κ2) is 14.5. The van der Waals surface area contributed by atoms with Gasteiger partial charge >= 0.3 is 5.97 Å². The van der Waals surface area contributed by atoms with Gasteiger partial charge in [-0.3, -0.25) is 4.79 Å². The lowest BCUT2D eigenvalue weighted by Gasteiger charge is -2.07. The monoisotopic (exact) mass is 298 g/mol. The van der Waals surface area contributed by atoms with Gasteiger partial charge in [-0.25, -0.2) is 4.79 Å². The lowest BCUT2D eigenvalue weighted by Crippen LogP contribution is -2.35. The first-order chi connectivity index (χ1) is 10.2. The van der Waals surface area contributed by atoms with Crippen molar-refractivity contribution >= 4 is 11.9 Å². The molecule has 0 aromatic carbocycles. The first-order valence-electron chi connectivity index (χ1n) is 7.15. The maximum absolute atomic E-state index is 11.1. The summed E-state index contributed by atoms with van der Waals surface area (Å²) in [4.78, 5) is 21.3. The molecule has 5 N–H and O–H groups in total. The predicted octanol–water partition coefficient (Wildman–Crippen LogP) is -0.564. The van der Waals surface area contributed by atoms with Crippen LogP contribution in [-0.4, -0.2) is 56.3 Å². The molecule has 0 atom stereocenters. The lowest BCUT2D eigenvalue weighted by molar-refractivity contribution is -0.131. The van der Waals surface area contributed by atoms with Crippen LogP contribution in [0.2, 0.25) is 0 Å².